The maximum atomic E-state index is 5.39. The van der Waals surface area contributed by atoms with Crippen LogP contribution in [0.3, 0.4) is 0 Å². The van der Waals surface area contributed by atoms with Gasteiger partial charge in [-0.1, -0.05) is 15.9 Å². The van der Waals surface area contributed by atoms with Crippen LogP contribution in [-0.4, -0.2) is 44.8 Å². The van der Waals surface area contributed by atoms with Crippen LogP contribution in [0, 0.1) is 0 Å². The molecule has 1 aliphatic heterocycles. The fourth-order valence-corrected chi connectivity index (χ4v) is 2.28. The molecule has 0 saturated carbocycles. The van der Waals surface area contributed by atoms with E-state index >= 15 is 0 Å². The summed E-state index contributed by atoms with van der Waals surface area (Å²) in [5, 5.41) is 0. The minimum atomic E-state index is -0.840. The standard InChI is InChI=1S/C8H15BrO4/c1-10-7-8(11-2,12-3)6(9)4-5-13-7/h6-7H,4-5H2,1-3H3/t6-,7-/m1/s1. The summed E-state index contributed by atoms with van der Waals surface area (Å²) in [5.41, 5.74) is 0. The Bertz CT molecular complexity index is 160. The summed E-state index contributed by atoms with van der Waals surface area (Å²) in [5.74, 6) is -0.840. The summed E-state index contributed by atoms with van der Waals surface area (Å²) in [4.78, 5) is 0.0775. The average Bonchev–Trinajstić information content (AvgIpc) is 2.18. The van der Waals surface area contributed by atoms with Crippen LogP contribution in [-0.2, 0) is 18.9 Å². The fourth-order valence-electron chi connectivity index (χ4n) is 1.51. The molecule has 0 amide bonds. The Morgan fingerprint density at radius 2 is 1.92 bits per heavy atom. The van der Waals surface area contributed by atoms with E-state index in [0.29, 0.717) is 6.61 Å². The lowest BCUT2D eigenvalue weighted by Crippen LogP contribution is -2.58. The van der Waals surface area contributed by atoms with Crippen LogP contribution in [0.1, 0.15) is 6.42 Å². The van der Waals surface area contributed by atoms with E-state index in [1.165, 1.54) is 0 Å². The third-order valence-electron chi connectivity index (χ3n) is 2.26. The predicted molar refractivity (Wildman–Crippen MR) is 50.8 cm³/mol. The van der Waals surface area contributed by atoms with Gasteiger partial charge < -0.3 is 18.9 Å². The van der Waals surface area contributed by atoms with Gasteiger partial charge in [-0.25, -0.2) is 0 Å². The molecule has 0 aromatic carbocycles. The van der Waals surface area contributed by atoms with Crippen molar-refractivity contribution in [2.24, 2.45) is 0 Å². The highest BCUT2D eigenvalue weighted by Gasteiger charge is 2.49. The molecule has 0 N–H and O–H groups in total. The van der Waals surface area contributed by atoms with Gasteiger partial charge in [-0.15, -0.1) is 0 Å². The number of hydrogen-bond acceptors (Lipinski definition) is 4. The number of hydrogen-bond donors (Lipinski definition) is 0. The molecule has 1 rings (SSSR count). The smallest absolute Gasteiger partial charge is 0.233 e. The molecule has 13 heavy (non-hydrogen) atoms. The second-order valence-electron chi connectivity index (χ2n) is 2.82. The molecule has 0 aromatic heterocycles. The Kier molecular flexibility index (Phi) is 4.12. The molecule has 5 heteroatoms. The Morgan fingerprint density at radius 1 is 1.31 bits per heavy atom. The molecule has 1 saturated heterocycles. The number of alkyl halides is 1. The lowest BCUT2D eigenvalue weighted by molar-refractivity contribution is -0.346. The molecule has 4 nitrogen and oxygen atoms in total. The van der Waals surface area contributed by atoms with E-state index in [1.807, 2.05) is 0 Å². The molecular weight excluding hydrogens is 240 g/mol. The van der Waals surface area contributed by atoms with E-state index in [0.717, 1.165) is 6.42 Å². The Labute approximate surface area is 86.6 Å². The quantitative estimate of drug-likeness (QED) is 0.559. The summed E-state index contributed by atoms with van der Waals surface area (Å²) in [6.45, 7) is 0.642. The molecule has 0 aliphatic carbocycles. The van der Waals surface area contributed by atoms with E-state index in [-0.39, 0.29) is 4.83 Å². The molecule has 0 unspecified atom stereocenters. The van der Waals surface area contributed by atoms with E-state index in [1.54, 1.807) is 21.3 Å². The van der Waals surface area contributed by atoms with Crippen LogP contribution < -0.4 is 0 Å². The first-order valence-corrected chi connectivity index (χ1v) is 5.01. The van der Waals surface area contributed by atoms with Crippen molar-refractivity contribution in [3.05, 3.63) is 0 Å². The highest BCUT2D eigenvalue weighted by atomic mass is 79.9. The maximum absolute atomic E-state index is 5.39. The summed E-state index contributed by atoms with van der Waals surface area (Å²) in [7, 11) is 4.74. The number of ether oxygens (including phenoxy) is 4. The van der Waals surface area contributed by atoms with Crippen molar-refractivity contribution in [1.82, 2.24) is 0 Å². The third kappa shape index (κ3) is 1.89. The van der Waals surface area contributed by atoms with Crippen molar-refractivity contribution in [3.8, 4) is 0 Å². The van der Waals surface area contributed by atoms with Crippen molar-refractivity contribution >= 4 is 15.9 Å². The lowest BCUT2D eigenvalue weighted by atomic mass is 10.1. The molecule has 0 spiro atoms. The van der Waals surface area contributed by atoms with E-state index in [2.05, 4.69) is 15.9 Å². The van der Waals surface area contributed by atoms with Crippen LogP contribution in [0.25, 0.3) is 0 Å². The van der Waals surface area contributed by atoms with Gasteiger partial charge in [0.1, 0.15) is 0 Å². The molecule has 78 valence electrons. The first kappa shape index (κ1) is 11.4. The number of rotatable bonds is 3. The fraction of sp³-hybridized carbons (Fsp3) is 1.00. The molecule has 1 heterocycles. The summed E-state index contributed by atoms with van der Waals surface area (Å²) >= 11 is 3.50. The Morgan fingerprint density at radius 3 is 2.31 bits per heavy atom. The second kappa shape index (κ2) is 4.70. The monoisotopic (exact) mass is 254 g/mol. The molecular formula is C8H15BrO4. The zero-order valence-corrected chi connectivity index (χ0v) is 9.67. The SMILES string of the molecule is CO[C@@H]1OCC[C@@H](Br)C1(OC)OC. The zero-order valence-electron chi connectivity index (χ0n) is 8.08. The van der Waals surface area contributed by atoms with Gasteiger partial charge in [-0.3, -0.25) is 0 Å². The van der Waals surface area contributed by atoms with Crippen LogP contribution in [0.2, 0.25) is 0 Å². The van der Waals surface area contributed by atoms with Gasteiger partial charge in [0.25, 0.3) is 0 Å². The third-order valence-corrected chi connectivity index (χ3v) is 3.35. The van der Waals surface area contributed by atoms with Gasteiger partial charge in [0, 0.05) is 21.3 Å². The molecule has 0 radical (unpaired) electrons. The van der Waals surface area contributed by atoms with Crippen molar-refractivity contribution in [1.29, 1.82) is 0 Å². The van der Waals surface area contributed by atoms with E-state index < -0.39 is 12.1 Å². The molecule has 0 aromatic rings. The van der Waals surface area contributed by atoms with Gasteiger partial charge in [0.2, 0.25) is 12.1 Å². The van der Waals surface area contributed by atoms with Crippen LogP contribution >= 0.6 is 15.9 Å². The van der Waals surface area contributed by atoms with Gasteiger partial charge in [0.15, 0.2) is 0 Å². The summed E-state index contributed by atoms with van der Waals surface area (Å²) < 4.78 is 21.2. The Balaban J connectivity index is 2.81. The first-order chi connectivity index (χ1) is 6.21. The van der Waals surface area contributed by atoms with Crippen molar-refractivity contribution < 1.29 is 18.9 Å². The molecule has 0 bridgehead atoms. The van der Waals surface area contributed by atoms with Crippen molar-refractivity contribution in [2.45, 2.75) is 23.3 Å². The Hall–Kier alpha value is 0.320. The van der Waals surface area contributed by atoms with Gasteiger partial charge in [0.05, 0.1) is 11.4 Å². The highest BCUT2D eigenvalue weighted by Crippen LogP contribution is 2.35. The number of methoxy groups -OCH3 is 3. The van der Waals surface area contributed by atoms with Gasteiger partial charge in [-0.05, 0) is 6.42 Å². The topological polar surface area (TPSA) is 36.9 Å². The van der Waals surface area contributed by atoms with E-state index in [4.69, 9.17) is 18.9 Å². The second-order valence-corrected chi connectivity index (χ2v) is 3.93. The molecule has 2 atom stereocenters. The minimum absolute atomic E-state index is 0.0775. The largest absolute Gasteiger partial charge is 0.351 e. The van der Waals surface area contributed by atoms with Gasteiger partial charge >= 0.3 is 0 Å². The predicted octanol–water partition coefficient (Wildman–Crippen LogP) is 1.13. The highest BCUT2D eigenvalue weighted by molar-refractivity contribution is 9.09. The van der Waals surface area contributed by atoms with Crippen molar-refractivity contribution in [2.75, 3.05) is 27.9 Å². The van der Waals surface area contributed by atoms with Crippen molar-refractivity contribution in [3.63, 3.8) is 0 Å². The molecule has 1 aliphatic rings. The number of halogens is 1. The normalized spacial score (nSPS) is 33.2. The lowest BCUT2D eigenvalue weighted by Gasteiger charge is -2.43. The zero-order chi connectivity index (χ0) is 9.90. The first-order valence-electron chi connectivity index (χ1n) is 4.10. The average molecular weight is 255 g/mol. The summed E-state index contributed by atoms with van der Waals surface area (Å²) in [6, 6.07) is 0. The maximum Gasteiger partial charge on any atom is 0.233 e. The molecule has 1 fully saturated rings. The van der Waals surface area contributed by atoms with E-state index in [9.17, 15) is 0 Å². The van der Waals surface area contributed by atoms with Crippen LogP contribution in [0.5, 0.6) is 0 Å². The van der Waals surface area contributed by atoms with Gasteiger partial charge in [-0.2, -0.15) is 0 Å². The van der Waals surface area contributed by atoms with Crippen LogP contribution in [0.15, 0.2) is 0 Å². The van der Waals surface area contributed by atoms with Crippen LogP contribution in [0.4, 0.5) is 0 Å². The minimum Gasteiger partial charge on any atom is -0.351 e. The summed E-state index contributed by atoms with van der Waals surface area (Å²) in [6.07, 6.45) is 0.349.